The molecule has 1 saturated carbocycles. The Kier molecular flexibility index (Phi) is 6.65. The van der Waals surface area contributed by atoms with Gasteiger partial charge in [0.15, 0.2) is 5.65 Å². The zero-order valence-electron chi connectivity index (χ0n) is 20.4. The van der Waals surface area contributed by atoms with Gasteiger partial charge in [0.05, 0.1) is 29.1 Å². The zero-order chi connectivity index (χ0) is 26.3. The second-order valence-corrected chi connectivity index (χ2v) is 9.45. The van der Waals surface area contributed by atoms with Gasteiger partial charge in [-0.3, -0.25) is 4.99 Å². The predicted octanol–water partition coefficient (Wildman–Crippen LogP) is 5.20. The summed E-state index contributed by atoms with van der Waals surface area (Å²) in [6, 6.07) is 2.73. The summed E-state index contributed by atoms with van der Waals surface area (Å²) in [4.78, 5) is 22.8. The molecule has 11 heteroatoms. The minimum atomic E-state index is -4.67. The summed E-state index contributed by atoms with van der Waals surface area (Å²) in [6.07, 6.45) is 1.51. The van der Waals surface area contributed by atoms with Gasteiger partial charge in [0, 0.05) is 36.1 Å². The van der Waals surface area contributed by atoms with E-state index < -0.39 is 17.6 Å². The second-order valence-electron chi connectivity index (χ2n) is 9.45. The molecule has 37 heavy (non-hydrogen) atoms. The number of aryl methyl sites for hydroxylation is 2. The number of nitrogens with zero attached hydrogens (tertiary/aromatic N) is 5. The van der Waals surface area contributed by atoms with E-state index in [-0.39, 0.29) is 34.4 Å². The molecule has 0 bridgehead atoms. The summed E-state index contributed by atoms with van der Waals surface area (Å²) in [5, 5.41) is 0. The molecule has 0 amide bonds. The molecular weight excluding hydrogens is 488 g/mol. The van der Waals surface area contributed by atoms with Gasteiger partial charge in [-0.25, -0.2) is 24.3 Å². The Morgan fingerprint density at radius 3 is 2.51 bits per heavy atom. The SMILES string of the molecule is Cc1nc2nc(C3CCOC(/C(C=NC4CC4)=C/N)C3)nc(-c3ccc(C(F)(F)F)cc3F)c2nc1C. The molecule has 194 valence electrons. The number of aliphatic imine (C=N–C) groups is 1. The minimum absolute atomic E-state index is 0.0954. The average molecular weight is 515 g/mol. The van der Waals surface area contributed by atoms with E-state index in [1.807, 2.05) is 0 Å². The van der Waals surface area contributed by atoms with Crippen molar-refractivity contribution in [2.24, 2.45) is 10.7 Å². The molecule has 2 atom stereocenters. The highest BCUT2D eigenvalue weighted by molar-refractivity contribution is 5.87. The van der Waals surface area contributed by atoms with Crippen molar-refractivity contribution in [2.75, 3.05) is 6.61 Å². The lowest BCUT2D eigenvalue weighted by atomic mass is 9.91. The summed E-state index contributed by atoms with van der Waals surface area (Å²) in [5.41, 5.74) is 7.28. The molecular formula is C26H26F4N6O. The van der Waals surface area contributed by atoms with Crippen LogP contribution < -0.4 is 5.73 Å². The maximum Gasteiger partial charge on any atom is 0.416 e. The normalized spacial score (nSPS) is 21.2. The highest BCUT2D eigenvalue weighted by Crippen LogP contribution is 2.36. The number of nitrogens with two attached hydrogens (primary N) is 1. The van der Waals surface area contributed by atoms with Gasteiger partial charge in [0.2, 0.25) is 0 Å². The summed E-state index contributed by atoms with van der Waals surface area (Å²) in [7, 11) is 0. The maximum absolute atomic E-state index is 15.1. The standard InChI is InChI=1S/C26H26F4N6O/c1-13-14(2)34-25-23(33-13)22(19-6-3-17(10-20(19)27)26(28,29)30)35-24(36-25)15-7-8-37-21(9-15)16(11-31)12-32-18-4-5-18/h3,6,10-12,15,18,21H,4-5,7-9,31H2,1-2H3/b16-11+,32-12?. The van der Waals surface area contributed by atoms with E-state index in [1.165, 1.54) is 6.20 Å². The van der Waals surface area contributed by atoms with Gasteiger partial charge in [0.1, 0.15) is 22.9 Å². The first-order valence-electron chi connectivity index (χ1n) is 12.1. The van der Waals surface area contributed by atoms with E-state index in [4.69, 9.17) is 10.5 Å². The number of halogens is 4. The Labute approximate surface area is 210 Å². The summed E-state index contributed by atoms with van der Waals surface area (Å²) in [6.45, 7) is 3.95. The highest BCUT2D eigenvalue weighted by Gasteiger charge is 2.33. The van der Waals surface area contributed by atoms with E-state index >= 15 is 4.39 Å². The monoisotopic (exact) mass is 514 g/mol. The van der Waals surface area contributed by atoms with Crippen LogP contribution in [0.3, 0.4) is 0 Å². The lowest BCUT2D eigenvalue weighted by molar-refractivity contribution is -0.137. The van der Waals surface area contributed by atoms with Crippen molar-refractivity contribution >= 4 is 17.4 Å². The van der Waals surface area contributed by atoms with E-state index in [9.17, 15) is 13.2 Å². The Balaban J connectivity index is 1.56. The maximum atomic E-state index is 15.1. The fourth-order valence-electron chi connectivity index (χ4n) is 4.30. The molecule has 0 radical (unpaired) electrons. The van der Waals surface area contributed by atoms with Gasteiger partial charge < -0.3 is 10.5 Å². The molecule has 1 aromatic carbocycles. The topological polar surface area (TPSA) is 99.2 Å². The van der Waals surface area contributed by atoms with E-state index in [0.717, 1.165) is 30.5 Å². The molecule has 1 aliphatic heterocycles. The first-order chi connectivity index (χ1) is 17.6. The van der Waals surface area contributed by atoms with Crippen LogP contribution in [0.15, 0.2) is 35.0 Å². The molecule has 7 nitrogen and oxygen atoms in total. The summed E-state index contributed by atoms with van der Waals surface area (Å²) < 4.78 is 60.4. The molecule has 1 aliphatic carbocycles. The van der Waals surface area contributed by atoms with Gasteiger partial charge in [-0.2, -0.15) is 13.2 Å². The summed E-state index contributed by atoms with van der Waals surface area (Å²) in [5.74, 6) is -0.814. The Hall–Kier alpha value is -3.47. The van der Waals surface area contributed by atoms with Crippen LogP contribution in [-0.4, -0.2) is 44.9 Å². The van der Waals surface area contributed by atoms with Crippen molar-refractivity contribution in [1.82, 2.24) is 19.9 Å². The van der Waals surface area contributed by atoms with Crippen molar-refractivity contribution in [3.8, 4) is 11.3 Å². The quantitative estimate of drug-likeness (QED) is 0.371. The molecule has 5 rings (SSSR count). The van der Waals surface area contributed by atoms with Crippen molar-refractivity contribution in [3.63, 3.8) is 0 Å². The lowest BCUT2D eigenvalue weighted by Crippen LogP contribution is -2.28. The fourth-order valence-corrected chi connectivity index (χ4v) is 4.30. The molecule has 2 N–H and O–H groups in total. The fraction of sp³-hybridized carbons (Fsp3) is 0.423. The van der Waals surface area contributed by atoms with Crippen LogP contribution in [0, 0.1) is 19.7 Å². The van der Waals surface area contributed by atoms with Gasteiger partial charge in [0.25, 0.3) is 0 Å². The van der Waals surface area contributed by atoms with Crippen molar-refractivity contribution in [1.29, 1.82) is 0 Å². The molecule has 3 heterocycles. The molecule has 3 aromatic rings. The van der Waals surface area contributed by atoms with Crippen molar-refractivity contribution < 1.29 is 22.3 Å². The number of ether oxygens (including phenoxy) is 1. The number of aromatic nitrogens is 4. The first kappa shape index (κ1) is 25.2. The zero-order valence-corrected chi connectivity index (χ0v) is 20.4. The van der Waals surface area contributed by atoms with Crippen molar-refractivity contribution in [3.05, 3.63) is 58.6 Å². The molecule has 0 spiro atoms. The van der Waals surface area contributed by atoms with E-state index in [0.29, 0.717) is 48.8 Å². The first-order valence-corrected chi connectivity index (χ1v) is 12.1. The highest BCUT2D eigenvalue weighted by atomic mass is 19.4. The summed E-state index contributed by atoms with van der Waals surface area (Å²) >= 11 is 0. The van der Waals surface area contributed by atoms with Gasteiger partial charge in [-0.1, -0.05) is 0 Å². The van der Waals surface area contributed by atoms with Crippen LogP contribution in [0.4, 0.5) is 17.6 Å². The van der Waals surface area contributed by atoms with Crippen LogP contribution >= 0.6 is 0 Å². The number of benzene rings is 1. The average Bonchev–Trinajstić information content (AvgIpc) is 3.69. The molecule has 1 saturated heterocycles. The van der Waals surface area contributed by atoms with Gasteiger partial charge in [-0.05, 0) is 57.7 Å². The minimum Gasteiger partial charge on any atom is -0.404 e. The Morgan fingerprint density at radius 2 is 1.84 bits per heavy atom. The van der Waals surface area contributed by atoms with Gasteiger partial charge >= 0.3 is 6.18 Å². The molecule has 2 aliphatic rings. The number of rotatable bonds is 5. The lowest BCUT2D eigenvalue weighted by Gasteiger charge is -2.29. The Morgan fingerprint density at radius 1 is 1.08 bits per heavy atom. The van der Waals surface area contributed by atoms with Gasteiger partial charge in [-0.15, -0.1) is 0 Å². The van der Waals surface area contributed by atoms with Crippen LogP contribution in [0.2, 0.25) is 0 Å². The third-order valence-electron chi connectivity index (χ3n) is 6.71. The van der Waals surface area contributed by atoms with E-state index in [2.05, 4.69) is 24.9 Å². The largest absolute Gasteiger partial charge is 0.416 e. The number of hydrogen-bond donors (Lipinski definition) is 1. The molecule has 2 unspecified atom stereocenters. The number of fused-ring (bicyclic) bond motifs is 1. The smallest absolute Gasteiger partial charge is 0.404 e. The van der Waals surface area contributed by atoms with Crippen LogP contribution in [0.5, 0.6) is 0 Å². The molecule has 2 aromatic heterocycles. The van der Waals surface area contributed by atoms with Crippen LogP contribution in [0.25, 0.3) is 22.4 Å². The van der Waals surface area contributed by atoms with E-state index in [1.54, 1.807) is 20.1 Å². The number of hydrogen-bond acceptors (Lipinski definition) is 7. The predicted molar refractivity (Wildman–Crippen MR) is 130 cm³/mol. The number of alkyl halides is 3. The van der Waals surface area contributed by atoms with Crippen molar-refractivity contribution in [2.45, 2.75) is 63.8 Å². The molecule has 2 fully saturated rings. The van der Waals surface area contributed by atoms with Crippen LogP contribution in [-0.2, 0) is 10.9 Å². The second kappa shape index (κ2) is 9.77. The third-order valence-corrected chi connectivity index (χ3v) is 6.71. The van der Waals surface area contributed by atoms with Crippen LogP contribution in [0.1, 0.15) is 54.4 Å². The third kappa shape index (κ3) is 5.31. The Bertz CT molecular complexity index is 1400.